The van der Waals surface area contributed by atoms with Crippen LogP contribution in [0.2, 0.25) is 0 Å². The van der Waals surface area contributed by atoms with Crippen LogP contribution < -0.4 is 21.5 Å². The lowest BCUT2D eigenvalue weighted by Crippen LogP contribution is -2.50. The van der Waals surface area contributed by atoms with E-state index in [0.29, 0.717) is 25.3 Å². The van der Waals surface area contributed by atoms with E-state index in [9.17, 15) is 18.8 Å². The van der Waals surface area contributed by atoms with Gasteiger partial charge in [0.05, 0.1) is 0 Å². The number of halogens is 1. The van der Waals surface area contributed by atoms with Crippen LogP contribution in [0.25, 0.3) is 0 Å². The Morgan fingerprint density at radius 2 is 1.77 bits per heavy atom. The van der Waals surface area contributed by atoms with Gasteiger partial charge in [-0.25, -0.2) is 14.0 Å². The van der Waals surface area contributed by atoms with Crippen molar-refractivity contribution in [2.24, 2.45) is 5.92 Å². The normalized spacial score (nSPS) is 19.5. The van der Waals surface area contributed by atoms with Gasteiger partial charge in [-0.3, -0.25) is 4.79 Å². The van der Waals surface area contributed by atoms with Gasteiger partial charge in [-0.15, -0.1) is 0 Å². The van der Waals surface area contributed by atoms with Crippen molar-refractivity contribution in [1.29, 1.82) is 0 Å². The summed E-state index contributed by atoms with van der Waals surface area (Å²) in [5, 5.41) is 8.15. The minimum atomic E-state index is -0.410. The number of amides is 4. The van der Waals surface area contributed by atoms with Gasteiger partial charge in [0.15, 0.2) is 0 Å². The first-order valence-corrected chi connectivity index (χ1v) is 10.4. The number of carbonyl (C=O) groups is 2. The molecule has 3 N–H and O–H groups in total. The zero-order valence-corrected chi connectivity index (χ0v) is 17.5. The van der Waals surface area contributed by atoms with Crippen LogP contribution in [0.1, 0.15) is 31.9 Å². The number of hydrogen-bond donors (Lipinski definition) is 3. The molecule has 1 saturated heterocycles. The van der Waals surface area contributed by atoms with Gasteiger partial charge in [-0.1, -0.05) is 0 Å². The Labute approximate surface area is 179 Å². The molecule has 164 valence electrons. The largest absolute Gasteiger partial charge is 0.336 e. The molecule has 0 unspecified atom stereocenters. The number of likely N-dealkylation sites (tertiary alicyclic amines) is 1. The second-order valence-corrected chi connectivity index (χ2v) is 8.48. The quantitative estimate of drug-likeness (QED) is 0.702. The molecule has 3 heterocycles. The highest BCUT2D eigenvalue weighted by molar-refractivity contribution is 5.90. The third-order valence-corrected chi connectivity index (χ3v) is 5.65. The smallest absolute Gasteiger partial charge is 0.321 e. The van der Waals surface area contributed by atoms with Crippen molar-refractivity contribution >= 4 is 23.4 Å². The van der Waals surface area contributed by atoms with E-state index in [4.69, 9.17) is 0 Å². The number of anilines is 2. The summed E-state index contributed by atoms with van der Waals surface area (Å²) in [5.74, 6) is -0.177. The summed E-state index contributed by atoms with van der Waals surface area (Å²) in [7, 11) is 0. The summed E-state index contributed by atoms with van der Waals surface area (Å²) in [6.45, 7) is 5.20. The molecule has 0 aliphatic carbocycles. The van der Waals surface area contributed by atoms with Crippen molar-refractivity contribution in [2.45, 2.75) is 38.8 Å². The SMILES string of the molecule is CC(C)NC(=O)Nc1ccc2n(c1=O)C[C@H]1C[C@@H]2CN(C(=O)Nc2ccc(F)cc2)C1. The Kier molecular flexibility index (Phi) is 5.67. The van der Waals surface area contributed by atoms with Crippen LogP contribution in [0.4, 0.5) is 25.4 Å². The summed E-state index contributed by atoms with van der Waals surface area (Å²) in [4.78, 5) is 39.4. The number of piperidine rings is 1. The number of benzene rings is 1. The van der Waals surface area contributed by atoms with E-state index in [1.807, 2.05) is 19.9 Å². The molecule has 0 radical (unpaired) electrons. The topological polar surface area (TPSA) is 95.5 Å². The third-order valence-electron chi connectivity index (χ3n) is 5.65. The Morgan fingerprint density at radius 1 is 1.03 bits per heavy atom. The maximum Gasteiger partial charge on any atom is 0.321 e. The molecule has 31 heavy (non-hydrogen) atoms. The molecule has 1 aromatic carbocycles. The Balaban J connectivity index is 1.49. The first-order chi connectivity index (χ1) is 14.8. The molecule has 2 bridgehead atoms. The van der Waals surface area contributed by atoms with Gasteiger partial charge < -0.3 is 25.4 Å². The van der Waals surface area contributed by atoms with Crippen molar-refractivity contribution in [3.8, 4) is 0 Å². The first-order valence-electron chi connectivity index (χ1n) is 10.4. The lowest BCUT2D eigenvalue weighted by molar-refractivity contribution is 0.139. The number of urea groups is 2. The molecule has 2 atom stereocenters. The fourth-order valence-electron chi connectivity index (χ4n) is 4.36. The van der Waals surface area contributed by atoms with Crippen molar-refractivity contribution < 1.29 is 14.0 Å². The lowest BCUT2D eigenvalue weighted by Gasteiger charge is -2.42. The molecule has 4 rings (SSSR count). The zero-order chi connectivity index (χ0) is 22.1. The second-order valence-electron chi connectivity index (χ2n) is 8.48. The van der Waals surface area contributed by atoms with E-state index < -0.39 is 6.03 Å². The van der Waals surface area contributed by atoms with Gasteiger partial charge in [0, 0.05) is 43.0 Å². The van der Waals surface area contributed by atoms with E-state index in [0.717, 1.165) is 12.1 Å². The third kappa shape index (κ3) is 4.55. The predicted octanol–water partition coefficient (Wildman–Crippen LogP) is 3.17. The average Bonchev–Trinajstić information content (AvgIpc) is 2.71. The lowest BCUT2D eigenvalue weighted by atomic mass is 9.83. The van der Waals surface area contributed by atoms with Crippen LogP contribution in [0, 0.1) is 11.7 Å². The number of carbonyl (C=O) groups excluding carboxylic acids is 2. The molecule has 0 saturated carbocycles. The second kappa shape index (κ2) is 8.41. The maximum absolute atomic E-state index is 13.1. The van der Waals surface area contributed by atoms with Crippen molar-refractivity contribution in [3.05, 3.63) is 58.3 Å². The van der Waals surface area contributed by atoms with Gasteiger partial charge in [0.25, 0.3) is 5.56 Å². The number of aromatic nitrogens is 1. The van der Waals surface area contributed by atoms with Gasteiger partial charge in [0.1, 0.15) is 11.5 Å². The standard InChI is InChI=1S/C22H26FN5O3/c1-13(2)24-21(30)26-18-7-8-19-15-9-14(11-28(19)20(18)29)10-27(12-15)22(31)25-17-5-3-16(23)4-6-17/h3-8,13-15H,9-12H2,1-2H3,(H,25,31)(H2,24,26,30)/t14-,15+/m0/s1. The van der Waals surface area contributed by atoms with Crippen LogP contribution in [0.15, 0.2) is 41.2 Å². The van der Waals surface area contributed by atoms with E-state index >= 15 is 0 Å². The molecule has 1 fully saturated rings. The van der Waals surface area contributed by atoms with Crippen molar-refractivity contribution in [3.63, 3.8) is 0 Å². The first kappa shape index (κ1) is 20.9. The summed E-state index contributed by atoms with van der Waals surface area (Å²) in [6.07, 6.45) is 0.903. The summed E-state index contributed by atoms with van der Waals surface area (Å²) in [5.41, 5.74) is 1.42. The fraction of sp³-hybridized carbons (Fsp3) is 0.409. The Bertz CT molecular complexity index is 1050. The summed E-state index contributed by atoms with van der Waals surface area (Å²) < 4.78 is 14.8. The average molecular weight is 427 g/mol. The molecular formula is C22H26FN5O3. The van der Waals surface area contributed by atoms with E-state index in [1.54, 1.807) is 15.5 Å². The molecule has 1 aromatic heterocycles. The zero-order valence-electron chi connectivity index (χ0n) is 17.5. The van der Waals surface area contributed by atoms with Crippen LogP contribution in [-0.4, -0.2) is 40.7 Å². The molecule has 2 aromatic rings. The highest BCUT2D eigenvalue weighted by atomic mass is 19.1. The predicted molar refractivity (Wildman–Crippen MR) is 116 cm³/mol. The van der Waals surface area contributed by atoms with Crippen LogP contribution in [0.3, 0.4) is 0 Å². The van der Waals surface area contributed by atoms with Crippen LogP contribution in [-0.2, 0) is 6.54 Å². The number of hydrogen-bond acceptors (Lipinski definition) is 3. The van der Waals surface area contributed by atoms with Crippen LogP contribution >= 0.6 is 0 Å². The van der Waals surface area contributed by atoms with E-state index in [2.05, 4.69) is 16.0 Å². The maximum atomic E-state index is 13.1. The summed E-state index contributed by atoms with van der Waals surface area (Å²) in [6, 6.07) is 8.46. The number of fused-ring (bicyclic) bond motifs is 4. The minimum absolute atomic E-state index is 0.0354. The van der Waals surface area contributed by atoms with Crippen molar-refractivity contribution in [1.82, 2.24) is 14.8 Å². The molecule has 8 nitrogen and oxygen atoms in total. The number of pyridine rings is 1. The Hall–Kier alpha value is -3.36. The molecule has 0 spiro atoms. The summed E-state index contributed by atoms with van der Waals surface area (Å²) >= 11 is 0. The van der Waals surface area contributed by atoms with E-state index in [-0.39, 0.29) is 41.0 Å². The molecule has 4 amide bonds. The highest BCUT2D eigenvalue weighted by Crippen LogP contribution is 2.35. The fourth-order valence-corrected chi connectivity index (χ4v) is 4.36. The van der Waals surface area contributed by atoms with Gasteiger partial charge >= 0.3 is 12.1 Å². The molecule has 2 aliphatic rings. The molecule has 2 aliphatic heterocycles. The minimum Gasteiger partial charge on any atom is -0.336 e. The molecular weight excluding hydrogens is 401 g/mol. The number of nitrogens with one attached hydrogen (secondary N) is 3. The highest BCUT2D eigenvalue weighted by Gasteiger charge is 2.36. The molecule has 9 heteroatoms. The van der Waals surface area contributed by atoms with Crippen molar-refractivity contribution in [2.75, 3.05) is 23.7 Å². The van der Waals surface area contributed by atoms with Crippen LogP contribution in [0.5, 0.6) is 0 Å². The number of nitrogens with zero attached hydrogens (tertiary/aromatic N) is 2. The Morgan fingerprint density at radius 3 is 2.48 bits per heavy atom. The monoisotopic (exact) mass is 427 g/mol. The van der Waals surface area contributed by atoms with E-state index in [1.165, 1.54) is 24.3 Å². The van der Waals surface area contributed by atoms with Gasteiger partial charge in [0.2, 0.25) is 0 Å². The van der Waals surface area contributed by atoms with Gasteiger partial charge in [-0.05, 0) is 62.6 Å². The van der Waals surface area contributed by atoms with Gasteiger partial charge in [-0.2, -0.15) is 0 Å². The number of rotatable bonds is 3.